The Morgan fingerprint density at radius 3 is 2.25 bits per heavy atom. The Labute approximate surface area is 55.2 Å². The highest BCUT2D eigenvalue weighted by Crippen LogP contribution is 1.70. The van der Waals surface area contributed by atoms with Crippen molar-refractivity contribution in [3.63, 3.8) is 0 Å². The Bertz CT molecular complexity index is 143. The fourth-order valence-corrected chi connectivity index (χ4v) is 0.575. The third-order valence-electron chi connectivity index (χ3n) is 0.901. The molecule has 0 aliphatic rings. The van der Waals surface area contributed by atoms with E-state index in [0.29, 0.717) is 0 Å². The Morgan fingerprint density at radius 2 is 2.12 bits per heavy atom. The van der Waals surface area contributed by atoms with Gasteiger partial charge in [-0.25, -0.2) is 9.13 Å². The first-order valence-electron chi connectivity index (χ1n) is 2.26. The molecule has 1 aromatic rings. The van der Waals surface area contributed by atoms with Gasteiger partial charge in [-0.2, -0.15) is 0 Å². The van der Waals surface area contributed by atoms with Crippen LogP contribution in [0.4, 0.5) is 0 Å². The van der Waals surface area contributed by atoms with Crippen LogP contribution < -0.4 is 4.57 Å². The van der Waals surface area contributed by atoms with Gasteiger partial charge in [0, 0.05) is 0 Å². The second-order valence-electron chi connectivity index (χ2n) is 1.74. The van der Waals surface area contributed by atoms with E-state index in [9.17, 15) is 0 Å². The summed E-state index contributed by atoms with van der Waals surface area (Å²) < 4.78 is 4.00. The summed E-state index contributed by atoms with van der Waals surface area (Å²) in [4.78, 5) is 0. The second-order valence-corrected chi connectivity index (χ2v) is 1.74. The van der Waals surface area contributed by atoms with E-state index in [1.54, 1.807) is 0 Å². The molecule has 0 N–H and O–H groups in total. The molecule has 0 aliphatic heterocycles. The van der Waals surface area contributed by atoms with Gasteiger partial charge in [0.05, 0.1) is 14.1 Å². The first-order valence-corrected chi connectivity index (χ1v) is 2.26. The predicted octanol–water partition coefficient (Wildman–Crippen LogP) is 0.271. The zero-order valence-electron chi connectivity index (χ0n) is 5.03. The Balaban J connectivity index is 0.000000490. The van der Waals surface area contributed by atoms with Crippen molar-refractivity contribution in [2.75, 3.05) is 0 Å². The van der Waals surface area contributed by atoms with Crippen LogP contribution >= 0.6 is 12.4 Å². The van der Waals surface area contributed by atoms with E-state index in [1.807, 2.05) is 42.0 Å². The number of hydrogen-bond acceptors (Lipinski definition) is 0. The maximum absolute atomic E-state index is 2.00. The molecule has 0 atom stereocenters. The molecule has 0 unspecified atom stereocenters. The van der Waals surface area contributed by atoms with Gasteiger partial charge >= 0.3 is 0 Å². The molecular weight excluding hydrogens is 124 g/mol. The van der Waals surface area contributed by atoms with Crippen molar-refractivity contribution < 1.29 is 4.57 Å². The highest BCUT2D eigenvalue weighted by Gasteiger charge is 1.87. The van der Waals surface area contributed by atoms with Crippen molar-refractivity contribution in [3.05, 3.63) is 18.7 Å². The monoisotopic (exact) mass is 133 g/mol. The minimum Gasteiger partial charge on any atom is -0.240 e. The van der Waals surface area contributed by atoms with Crippen LogP contribution in [0, 0.1) is 0 Å². The zero-order valence-corrected chi connectivity index (χ0v) is 5.85. The van der Waals surface area contributed by atoms with Gasteiger partial charge < -0.3 is 0 Å². The summed E-state index contributed by atoms with van der Waals surface area (Å²) in [7, 11) is 4.00. The average Bonchev–Trinajstić information content (AvgIpc) is 1.87. The topological polar surface area (TPSA) is 8.81 Å². The van der Waals surface area contributed by atoms with E-state index in [1.165, 1.54) is 0 Å². The van der Waals surface area contributed by atoms with Gasteiger partial charge in [0.15, 0.2) is 0 Å². The quantitative estimate of drug-likeness (QED) is 0.450. The largest absolute Gasteiger partial charge is 0.243 e. The molecule has 2 nitrogen and oxygen atoms in total. The fourth-order valence-electron chi connectivity index (χ4n) is 0.575. The number of aromatic nitrogens is 2. The molecule has 1 heterocycles. The third kappa shape index (κ3) is 1.54. The molecule has 3 heteroatoms. The van der Waals surface area contributed by atoms with E-state index in [0.717, 1.165) is 0 Å². The van der Waals surface area contributed by atoms with Gasteiger partial charge in [-0.1, -0.05) is 0 Å². The van der Waals surface area contributed by atoms with E-state index in [-0.39, 0.29) is 12.4 Å². The molecular formula is C5H10ClN2+. The molecule has 8 heavy (non-hydrogen) atoms. The number of nitrogens with zero attached hydrogens (tertiary/aromatic N) is 2. The van der Waals surface area contributed by atoms with Crippen LogP contribution in [0.25, 0.3) is 0 Å². The summed E-state index contributed by atoms with van der Waals surface area (Å²) in [5.74, 6) is 0. The minimum absolute atomic E-state index is 0. The smallest absolute Gasteiger partial charge is 0.240 e. The number of hydrogen-bond donors (Lipinski definition) is 0. The summed E-state index contributed by atoms with van der Waals surface area (Å²) in [5, 5.41) is 0. The molecule has 0 aromatic carbocycles. The van der Waals surface area contributed by atoms with Gasteiger partial charge in [0.25, 0.3) is 0 Å². The molecule has 0 fully saturated rings. The first kappa shape index (κ1) is 7.50. The SMILES string of the molecule is Cl.Cn1cc[n+](C)c1. The Hall–Kier alpha value is -0.500. The van der Waals surface area contributed by atoms with Crippen LogP contribution in [0.2, 0.25) is 0 Å². The minimum atomic E-state index is 0. The number of halogens is 1. The van der Waals surface area contributed by atoms with Crippen LogP contribution in [0.1, 0.15) is 0 Å². The van der Waals surface area contributed by atoms with Crippen molar-refractivity contribution in [1.29, 1.82) is 0 Å². The number of imidazole rings is 1. The van der Waals surface area contributed by atoms with Crippen molar-refractivity contribution in [3.8, 4) is 0 Å². The van der Waals surface area contributed by atoms with Crippen LogP contribution in [-0.2, 0) is 14.1 Å². The number of rotatable bonds is 0. The van der Waals surface area contributed by atoms with E-state index in [4.69, 9.17) is 0 Å². The van der Waals surface area contributed by atoms with E-state index < -0.39 is 0 Å². The summed E-state index contributed by atoms with van der Waals surface area (Å²) in [6.07, 6.45) is 6.00. The third-order valence-corrected chi connectivity index (χ3v) is 0.901. The second kappa shape index (κ2) is 2.72. The van der Waals surface area contributed by atoms with E-state index in [2.05, 4.69) is 0 Å². The molecule has 1 aromatic heterocycles. The summed E-state index contributed by atoms with van der Waals surface area (Å²) in [6.45, 7) is 0. The van der Waals surface area contributed by atoms with Crippen molar-refractivity contribution >= 4 is 12.4 Å². The highest BCUT2D eigenvalue weighted by molar-refractivity contribution is 5.85. The predicted molar refractivity (Wildman–Crippen MR) is 33.8 cm³/mol. The van der Waals surface area contributed by atoms with Crippen molar-refractivity contribution in [1.82, 2.24) is 4.57 Å². The lowest BCUT2D eigenvalue weighted by Gasteiger charge is -1.72. The van der Waals surface area contributed by atoms with Crippen LogP contribution in [-0.4, -0.2) is 4.57 Å². The standard InChI is InChI=1S/C5H9N2.ClH/c1-6-3-4-7(2)5-6;/h3-5H,1-2H3;1H/q+1;. The fraction of sp³-hybridized carbons (Fsp3) is 0.400. The van der Waals surface area contributed by atoms with Crippen LogP contribution in [0.3, 0.4) is 0 Å². The Morgan fingerprint density at radius 1 is 1.50 bits per heavy atom. The molecule has 0 bridgehead atoms. The number of aryl methyl sites for hydroxylation is 2. The van der Waals surface area contributed by atoms with Gasteiger partial charge in [0.2, 0.25) is 6.33 Å². The molecule has 0 saturated heterocycles. The molecule has 0 amide bonds. The molecule has 0 aliphatic carbocycles. The lowest BCUT2D eigenvalue weighted by atomic mass is 10.9. The first-order chi connectivity index (χ1) is 3.29. The van der Waals surface area contributed by atoms with Crippen molar-refractivity contribution in [2.45, 2.75) is 0 Å². The van der Waals surface area contributed by atoms with Crippen LogP contribution in [0.5, 0.6) is 0 Å². The molecule has 0 radical (unpaired) electrons. The van der Waals surface area contributed by atoms with E-state index >= 15 is 0 Å². The summed E-state index contributed by atoms with van der Waals surface area (Å²) in [5.41, 5.74) is 0. The molecule has 0 saturated carbocycles. The zero-order chi connectivity index (χ0) is 5.28. The lowest BCUT2D eigenvalue weighted by Crippen LogP contribution is -2.23. The van der Waals surface area contributed by atoms with Gasteiger partial charge in [-0.05, 0) is 0 Å². The molecule has 1 rings (SSSR count). The van der Waals surface area contributed by atoms with Crippen LogP contribution in [0.15, 0.2) is 18.7 Å². The van der Waals surface area contributed by atoms with Crippen molar-refractivity contribution in [2.24, 2.45) is 14.1 Å². The average molecular weight is 134 g/mol. The Kier molecular flexibility index (Phi) is 2.55. The maximum atomic E-state index is 2.00. The lowest BCUT2D eigenvalue weighted by molar-refractivity contribution is -0.670. The summed E-state index contributed by atoms with van der Waals surface area (Å²) in [6, 6.07) is 0. The van der Waals surface area contributed by atoms with Gasteiger partial charge in [0.1, 0.15) is 12.4 Å². The van der Waals surface area contributed by atoms with Gasteiger partial charge in [-0.15, -0.1) is 12.4 Å². The highest BCUT2D eigenvalue weighted by atomic mass is 35.5. The van der Waals surface area contributed by atoms with Gasteiger partial charge in [-0.3, -0.25) is 0 Å². The maximum Gasteiger partial charge on any atom is 0.243 e. The molecule has 0 spiro atoms. The molecule has 46 valence electrons. The summed E-state index contributed by atoms with van der Waals surface area (Å²) >= 11 is 0. The normalized spacial score (nSPS) is 8.25.